The second kappa shape index (κ2) is 6.13. The van der Waals surface area contributed by atoms with Crippen LogP contribution in [0.1, 0.15) is 26.3 Å². The topological polar surface area (TPSA) is 112 Å². The number of rotatable bonds is 4. The lowest BCUT2D eigenvalue weighted by atomic mass is 10.2. The maximum Gasteiger partial charge on any atom is 0.412 e. The second-order valence-corrected chi connectivity index (χ2v) is 7.53. The summed E-state index contributed by atoms with van der Waals surface area (Å²) < 4.78 is 33.5. The van der Waals surface area contributed by atoms with Crippen LogP contribution in [0.4, 0.5) is 10.5 Å². The largest absolute Gasteiger partial charge is 0.444 e. The summed E-state index contributed by atoms with van der Waals surface area (Å²) in [4.78, 5) is 15.9. The number of carbonyl (C=O) groups excluding carboxylic acids is 1. The molecule has 9 nitrogen and oxygen atoms in total. The van der Waals surface area contributed by atoms with Crippen LogP contribution < -0.4 is 5.32 Å². The lowest BCUT2D eigenvalue weighted by Gasteiger charge is -2.19. The van der Waals surface area contributed by atoms with Crippen molar-refractivity contribution in [2.24, 2.45) is 0 Å². The minimum atomic E-state index is -3.58. The molecule has 0 unspecified atom stereocenters. The number of carbonyl (C=O) groups is 1. The molecule has 2 heterocycles. The van der Waals surface area contributed by atoms with E-state index < -0.39 is 21.8 Å². The van der Waals surface area contributed by atoms with Gasteiger partial charge < -0.3 is 4.74 Å². The highest BCUT2D eigenvalue weighted by Gasteiger charge is 2.18. The minimum Gasteiger partial charge on any atom is -0.444 e. The van der Waals surface area contributed by atoms with Crippen molar-refractivity contribution in [3.63, 3.8) is 0 Å². The Kier molecular flexibility index (Phi) is 4.57. The SMILES string of the molecule is CC(C)(C)OC(=O)Nc1cc(COS(C)(=O)=O)cn2ncnc12. The normalized spacial score (nSPS) is 12.3. The van der Waals surface area contributed by atoms with Gasteiger partial charge in [-0.1, -0.05) is 0 Å². The van der Waals surface area contributed by atoms with Crippen LogP contribution in [-0.2, 0) is 25.6 Å². The van der Waals surface area contributed by atoms with Crippen molar-refractivity contribution in [3.05, 3.63) is 24.2 Å². The van der Waals surface area contributed by atoms with E-state index in [9.17, 15) is 13.2 Å². The number of hydrogen-bond donors (Lipinski definition) is 1. The number of nitrogens with zero attached hydrogens (tertiary/aromatic N) is 3. The molecule has 0 aliphatic rings. The van der Waals surface area contributed by atoms with E-state index in [4.69, 9.17) is 8.92 Å². The molecule has 0 bridgehead atoms. The van der Waals surface area contributed by atoms with Crippen LogP contribution in [0.25, 0.3) is 5.65 Å². The summed E-state index contributed by atoms with van der Waals surface area (Å²) in [5.41, 5.74) is 0.593. The van der Waals surface area contributed by atoms with Gasteiger partial charge in [-0.2, -0.15) is 13.5 Å². The standard InChI is InChI=1S/C13H18N4O5S/c1-13(2,3)22-12(18)16-10-5-9(7-21-23(4,19)20)6-17-11(10)14-8-15-17/h5-6,8H,7H2,1-4H3,(H,16,18). The summed E-state index contributed by atoms with van der Waals surface area (Å²) in [7, 11) is -3.58. The summed E-state index contributed by atoms with van der Waals surface area (Å²) in [6.45, 7) is 5.05. The van der Waals surface area contributed by atoms with Crippen LogP contribution in [0.2, 0.25) is 0 Å². The minimum absolute atomic E-state index is 0.183. The van der Waals surface area contributed by atoms with E-state index in [1.54, 1.807) is 33.0 Å². The van der Waals surface area contributed by atoms with Gasteiger partial charge in [-0.25, -0.2) is 14.3 Å². The van der Waals surface area contributed by atoms with E-state index >= 15 is 0 Å². The number of hydrogen-bond acceptors (Lipinski definition) is 7. The van der Waals surface area contributed by atoms with Gasteiger partial charge in [-0.15, -0.1) is 0 Å². The molecule has 0 aliphatic carbocycles. The predicted molar refractivity (Wildman–Crippen MR) is 82.5 cm³/mol. The highest BCUT2D eigenvalue weighted by atomic mass is 32.2. The molecule has 0 radical (unpaired) electrons. The van der Waals surface area contributed by atoms with Crippen molar-refractivity contribution in [3.8, 4) is 0 Å². The molecule has 0 aromatic carbocycles. The van der Waals surface area contributed by atoms with Crippen molar-refractivity contribution >= 4 is 27.5 Å². The maximum absolute atomic E-state index is 11.9. The Hall–Kier alpha value is -2.20. The zero-order chi connectivity index (χ0) is 17.3. The van der Waals surface area contributed by atoms with E-state index in [-0.39, 0.29) is 6.61 Å². The molecule has 2 rings (SSSR count). The molecule has 10 heteroatoms. The number of fused-ring (bicyclic) bond motifs is 1. The fraction of sp³-hybridized carbons (Fsp3) is 0.462. The highest BCUT2D eigenvalue weighted by Crippen LogP contribution is 2.19. The van der Waals surface area contributed by atoms with Gasteiger partial charge >= 0.3 is 6.09 Å². The molecule has 0 saturated carbocycles. The Morgan fingerprint density at radius 2 is 2.09 bits per heavy atom. The van der Waals surface area contributed by atoms with E-state index in [0.29, 0.717) is 16.9 Å². The molecule has 1 amide bonds. The molecule has 0 atom stereocenters. The van der Waals surface area contributed by atoms with Gasteiger partial charge in [0.1, 0.15) is 11.9 Å². The molecular formula is C13H18N4O5S. The van der Waals surface area contributed by atoms with E-state index in [2.05, 4.69) is 15.4 Å². The van der Waals surface area contributed by atoms with Gasteiger partial charge in [-0.3, -0.25) is 9.50 Å². The first-order valence-electron chi connectivity index (χ1n) is 6.70. The Morgan fingerprint density at radius 3 is 2.70 bits per heavy atom. The number of aromatic nitrogens is 3. The first-order chi connectivity index (χ1) is 10.5. The van der Waals surface area contributed by atoms with E-state index in [1.165, 1.54) is 10.8 Å². The Labute approximate surface area is 133 Å². The summed E-state index contributed by atoms with van der Waals surface area (Å²) in [5.74, 6) is 0. The predicted octanol–water partition coefficient (Wildman–Crippen LogP) is 1.55. The molecule has 0 spiro atoms. The Bertz CT molecular complexity index is 822. The second-order valence-electron chi connectivity index (χ2n) is 5.88. The van der Waals surface area contributed by atoms with Gasteiger partial charge in [0, 0.05) is 6.20 Å². The van der Waals surface area contributed by atoms with Gasteiger partial charge in [0.2, 0.25) is 0 Å². The summed E-state index contributed by atoms with van der Waals surface area (Å²) in [6, 6.07) is 1.55. The molecule has 126 valence electrons. The van der Waals surface area contributed by atoms with Crippen molar-refractivity contribution < 1.29 is 22.1 Å². The van der Waals surface area contributed by atoms with Crippen molar-refractivity contribution in [2.45, 2.75) is 33.0 Å². The third kappa shape index (κ3) is 5.18. The average Bonchev–Trinajstić information content (AvgIpc) is 2.81. The summed E-state index contributed by atoms with van der Waals surface area (Å²) in [6.07, 6.45) is 3.19. The van der Waals surface area contributed by atoms with Gasteiger partial charge in [-0.05, 0) is 32.4 Å². The van der Waals surface area contributed by atoms with E-state index in [1.807, 2.05) is 0 Å². The number of nitrogens with one attached hydrogen (secondary N) is 1. The average molecular weight is 342 g/mol. The number of ether oxygens (including phenoxy) is 1. The first-order valence-corrected chi connectivity index (χ1v) is 8.52. The molecule has 0 fully saturated rings. The lowest BCUT2D eigenvalue weighted by molar-refractivity contribution is 0.0636. The van der Waals surface area contributed by atoms with Crippen molar-refractivity contribution in [1.29, 1.82) is 0 Å². The molecule has 23 heavy (non-hydrogen) atoms. The molecular weight excluding hydrogens is 324 g/mol. The van der Waals surface area contributed by atoms with Gasteiger partial charge in [0.25, 0.3) is 10.1 Å². The fourth-order valence-corrected chi connectivity index (χ4v) is 2.09. The highest BCUT2D eigenvalue weighted by molar-refractivity contribution is 7.85. The molecule has 2 aromatic heterocycles. The fourth-order valence-electron chi connectivity index (χ4n) is 1.74. The van der Waals surface area contributed by atoms with E-state index in [0.717, 1.165) is 6.26 Å². The first kappa shape index (κ1) is 17.2. The monoisotopic (exact) mass is 342 g/mol. The Balaban J connectivity index is 2.27. The Morgan fingerprint density at radius 1 is 1.39 bits per heavy atom. The summed E-state index contributed by atoms with van der Waals surface area (Å²) in [5, 5.41) is 6.55. The molecule has 1 N–H and O–H groups in total. The van der Waals surface area contributed by atoms with Crippen molar-refractivity contribution in [2.75, 3.05) is 11.6 Å². The van der Waals surface area contributed by atoms with Crippen LogP contribution in [0.5, 0.6) is 0 Å². The van der Waals surface area contributed by atoms with Gasteiger partial charge in [0.15, 0.2) is 5.65 Å². The van der Waals surface area contributed by atoms with Gasteiger partial charge in [0.05, 0.1) is 18.6 Å². The molecule has 2 aromatic rings. The van der Waals surface area contributed by atoms with Crippen LogP contribution >= 0.6 is 0 Å². The van der Waals surface area contributed by atoms with Crippen molar-refractivity contribution in [1.82, 2.24) is 14.6 Å². The van der Waals surface area contributed by atoms with Crippen LogP contribution in [0.15, 0.2) is 18.6 Å². The number of anilines is 1. The van der Waals surface area contributed by atoms with Crippen LogP contribution in [0.3, 0.4) is 0 Å². The maximum atomic E-state index is 11.9. The van der Waals surface area contributed by atoms with Crippen LogP contribution in [0, 0.1) is 0 Å². The quantitative estimate of drug-likeness (QED) is 0.839. The number of amides is 1. The summed E-state index contributed by atoms with van der Waals surface area (Å²) >= 11 is 0. The lowest BCUT2D eigenvalue weighted by Crippen LogP contribution is -2.27. The third-order valence-corrected chi connectivity index (χ3v) is 3.05. The number of pyridine rings is 1. The smallest absolute Gasteiger partial charge is 0.412 e. The molecule has 0 aliphatic heterocycles. The zero-order valence-electron chi connectivity index (χ0n) is 13.2. The van der Waals surface area contributed by atoms with Crippen LogP contribution in [-0.4, -0.2) is 41.0 Å². The zero-order valence-corrected chi connectivity index (χ0v) is 14.0. The molecule has 0 saturated heterocycles. The third-order valence-electron chi connectivity index (χ3n) is 2.51.